The topological polar surface area (TPSA) is 55.4 Å². The van der Waals surface area contributed by atoms with Gasteiger partial charge in [0.25, 0.3) is 0 Å². The van der Waals surface area contributed by atoms with Crippen LogP contribution in [-0.2, 0) is 20.9 Å². The van der Waals surface area contributed by atoms with Crippen molar-refractivity contribution in [2.45, 2.75) is 11.5 Å². The molecule has 2 aromatic rings. The third-order valence-electron chi connectivity index (χ3n) is 2.79. The first kappa shape index (κ1) is 16.1. The van der Waals surface area contributed by atoms with Gasteiger partial charge in [-0.1, -0.05) is 48.5 Å². The highest BCUT2D eigenvalue weighted by atomic mass is 32.2. The van der Waals surface area contributed by atoms with Gasteiger partial charge in [-0.15, -0.1) is 11.8 Å². The van der Waals surface area contributed by atoms with E-state index < -0.39 is 5.97 Å². The van der Waals surface area contributed by atoms with E-state index in [1.165, 1.54) is 11.8 Å². The molecule has 0 fully saturated rings. The summed E-state index contributed by atoms with van der Waals surface area (Å²) in [5.74, 6) is -0.358. The lowest BCUT2D eigenvalue weighted by atomic mass is 10.2. The van der Waals surface area contributed by atoms with Crippen LogP contribution in [0.1, 0.15) is 5.56 Å². The number of amides is 1. The van der Waals surface area contributed by atoms with Gasteiger partial charge in [-0.3, -0.25) is 9.59 Å². The molecule has 2 aromatic carbocycles. The molecule has 0 atom stereocenters. The molecule has 0 heterocycles. The molecular weight excluding hydrogens is 298 g/mol. The number of thioether (sulfide) groups is 1. The zero-order valence-electron chi connectivity index (χ0n) is 12.0. The molecule has 1 N–H and O–H groups in total. The highest BCUT2D eigenvalue weighted by molar-refractivity contribution is 8.00. The summed E-state index contributed by atoms with van der Waals surface area (Å²) < 4.78 is 5.08. The van der Waals surface area contributed by atoms with Crippen LogP contribution >= 0.6 is 11.8 Å². The highest BCUT2D eigenvalue weighted by Gasteiger charge is 2.07. The summed E-state index contributed by atoms with van der Waals surface area (Å²) in [5, 5.41) is 2.55. The number of hydrogen-bond donors (Lipinski definition) is 1. The second-order valence-corrected chi connectivity index (χ2v) is 5.57. The normalized spacial score (nSPS) is 10.0. The Balaban J connectivity index is 1.62. The number of benzene rings is 2. The fourth-order valence-corrected chi connectivity index (χ4v) is 2.43. The molecule has 0 saturated heterocycles. The Morgan fingerprint density at radius 1 is 0.955 bits per heavy atom. The minimum absolute atomic E-state index is 0.110. The number of rotatable bonds is 7. The smallest absolute Gasteiger partial charge is 0.325 e. The Kier molecular flexibility index (Phi) is 6.51. The predicted octanol–water partition coefficient (Wildman–Crippen LogP) is 2.64. The van der Waals surface area contributed by atoms with E-state index >= 15 is 0 Å². The van der Waals surface area contributed by atoms with Gasteiger partial charge < -0.3 is 10.1 Å². The van der Waals surface area contributed by atoms with E-state index in [4.69, 9.17) is 4.74 Å². The van der Waals surface area contributed by atoms with E-state index in [-0.39, 0.29) is 24.8 Å². The SMILES string of the molecule is O=C(CSc1ccccc1)NCC(=O)OCc1ccccc1. The van der Waals surface area contributed by atoms with Crippen LogP contribution in [0.3, 0.4) is 0 Å². The molecule has 0 radical (unpaired) electrons. The van der Waals surface area contributed by atoms with Crippen LogP contribution in [0.2, 0.25) is 0 Å². The van der Waals surface area contributed by atoms with E-state index in [1.807, 2.05) is 60.7 Å². The first-order valence-corrected chi connectivity index (χ1v) is 7.87. The highest BCUT2D eigenvalue weighted by Crippen LogP contribution is 2.16. The van der Waals surface area contributed by atoms with Crippen LogP contribution < -0.4 is 5.32 Å². The summed E-state index contributed by atoms with van der Waals surface area (Å²) in [5.41, 5.74) is 0.918. The van der Waals surface area contributed by atoms with Crippen molar-refractivity contribution in [2.24, 2.45) is 0 Å². The number of esters is 1. The minimum atomic E-state index is -0.443. The summed E-state index contributed by atoms with van der Waals surface area (Å²) in [6.45, 7) is 0.106. The van der Waals surface area contributed by atoms with Gasteiger partial charge in [0, 0.05) is 4.90 Å². The predicted molar refractivity (Wildman–Crippen MR) is 86.4 cm³/mol. The van der Waals surface area contributed by atoms with E-state index in [2.05, 4.69) is 5.32 Å². The number of nitrogens with one attached hydrogen (secondary N) is 1. The van der Waals surface area contributed by atoms with Crippen molar-refractivity contribution < 1.29 is 14.3 Å². The van der Waals surface area contributed by atoms with Crippen molar-refractivity contribution in [3.8, 4) is 0 Å². The van der Waals surface area contributed by atoms with Crippen molar-refractivity contribution in [1.82, 2.24) is 5.32 Å². The van der Waals surface area contributed by atoms with Gasteiger partial charge in [-0.05, 0) is 17.7 Å². The Morgan fingerprint density at radius 3 is 2.27 bits per heavy atom. The molecule has 5 heteroatoms. The second kappa shape index (κ2) is 8.89. The standard InChI is InChI=1S/C17H17NO3S/c19-16(13-22-15-9-5-2-6-10-15)18-11-17(20)21-12-14-7-3-1-4-8-14/h1-10H,11-13H2,(H,18,19). The largest absolute Gasteiger partial charge is 0.460 e. The number of ether oxygens (including phenoxy) is 1. The van der Waals surface area contributed by atoms with Crippen molar-refractivity contribution in [1.29, 1.82) is 0 Å². The summed E-state index contributed by atoms with van der Waals surface area (Å²) >= 11 is 1.43. The van der Waals surface area contributed by atoms with Crippen LogP contribution in [-0.4, -0.2) is 24.2 Å². The van der Waals surface area contributed by atoms with E-state index in [9.17, 15) is 9.59 Å². The zero-order chi connectivity index (χ0) is 15.6. The quantitative estimate of drug-likeness (QED) is 0.630. The third-order valence-corrected chi connectivity index (χ3v) is 3.80. The summed E-state index contributed by atoms with van der Waals surface area (Å²) in [6.07, 6.45) is 0. The molecule has 0 aliphatic heterocycles. The Bertz CT molecular complexity index is 546. The first-order chi connectivity index (χ1) is 10.7. The van der Waals surface area contributed by atoms with Gasteiger partial charge >= 0.3 is 5.97 Å². The van der Waals surface area contributed by atoms with Crippen LogP contribution in [0.25, 0.3) is 0 Å². The lowest BCUT2D eigenvalue weighted by Crippen LogP contribution is -2.31. The maximum atomic E-state index is 11.7. The molecule has 2 rings (SSSR count). The monoisotopic (exact) mass is 315 g/mol. The number of carbonyl (C=O) groups is 2. The molecule has 0 aliphatic rings. The van der Waals surface area contributed by atoms with Gasteiger partial charge in [0.15, 0.2) is 0 Å². The van der Waals surface area contributed by atoms with Crippen molar-refractivity contribution in [3.63, 3.8) is 0 Å². The molecule has 0 saturated carbocycles. The maximum absolute atomic E-state index is 11.7. The first-order valence-electron chi connectivity index (χ1n) is 6.88. The molecule has 1 amide bonds. The van der Waals surface area contributed by atoms with Crippen LogP contribution in [0.4, 0.5) is 0 Å². The fourth-order valence-electron chi connectivity index (χ4n) is 1.68. The van der Waals surface area contributed by atoms with Gasteiger partial charge in [-0.25, -0.2) is 0 Å². The molecule has 4 nitrogen and oxygen atoms in total. The van der Waals surface area contributed by atoms with Crippen LogP contribution in [0.15, 0.2) is 65.6 Å². The molecular formula is C17H17NO3S. The fraction of sp³-hybridized carbons (Fsp3) is 0.176. The van der Waals surface area contributed by atoms with Gasteiger partial charge in [0.05, 0.1) is 5.75 Å². The minimum Gasteiger partial charge on any atom is -0.460 e. The zero-order valence-corrected chi connectivity index (χ0v) is 12.8. The maximum Gasteiger partial charge on any atom is 0.325 e. The van der Waals surface area contributed by atoms with E-state index in [0.29, 0.717) is 0 Å². The summed E-state index contributed by atoms with van der Waals surface area (Å²) in [4.78, 5) is 24.2. The molecule has 0 bridgehead atoms. The lowest BCUT2D eigenvalue weighted by Gasteiger charge is -2.06. The average Bonchev–Trinajstić information content (AvgIpc) is 2.58. The van der Waals surface area contributed by atoms with Crippen molar-refractivity contribution in [2.75, 3.05) is 12.3 Å². The molecule has 114 valence electrons. The van der Waals surface area contributed by atoms with Crippen molar-refractivity contribution in [3.05, 3.63) is 66.2 Å². The molecule has 0 aromatic heterocycles. The summed E-state index contributed by atoms with van der Waals surface area (Å²) in [7, 11) is 0. The Labute approximate surface area is 133 Å². The molecule has 0 spiro atoms. The lowest BCUT2D eigenvalue weighted by molar-refractivity contribution is -0.145. The van der Waals surface area contributed by atoms with E-state index in [1.54, 1.807) is 0 Å². The summed E-state index contributed by atoms with van der Waals surface area (Å²) in [6, 6.07) is 19.0. The van der Waals surface area contributed by atoms with Gasteiger partial charge in [0.2, 0.25) is 5.91 Å². The Hall–Kier alpha value is -2.27. The van der Waals surface area contributed by atoms with E-state index in [0.717, 1.165) is 10.5 Å². The number of hydrogen-bond acceptors (Lipinski definition) is 4. The third kappa shape index (κ3) is 6.01. The van der Waals surface area contributed by atoms with Crippen molar-refractivity contribution >= 4 is 23.6 Å². The number of carbonyl (C=O) groups excluding carboxylic acids is 2. The Morgan fingerprint density at radius 2 is 1.59 bits per heavy atom. The van der Waals surface area contributed by atoms with Gasteiger partial charge in [0.1, 0.15) is 13.2 Å². The molecule has 0 unspecified atom stereocenters. The average molecular weight is 315 g/mol. The molecule has 22 heavy (non-hydrogen) atoms. The second-order valence-electron chi connectivity index (χ2n) is 4.52. The van der Waals surface area contributed by atoms with Gasteiger partial charge in [-0.2, -0.15) is 0 Å². The van der Waals surface area contributed by atoms with Crippen LogP contribution in [0, 0.1) is 0 Å². The van der Waals surface area contributed by atoms with Crippen LogP contribution in [0.5, 0.6) is 0 Å². The molecule has 0 aliphatic carbocycles.